The van der Waals surface area contributed by atoms with Crippen LogP contribution >= 0.6 is 0 Å². The number of esters is 1. The first-order chi connectivity index (χ1) is 36.3. The number of imide groups is 2. The van der Waals surface area contributed by atoms with Gasteiger partial charge >= 0.3 is 5.97 Å². The molecule has 0 aliphatic carbocycles. The van der Waals surface area contributed by atoms with E-state index in [4.69, 9.17) is 37.9 Å². The average Bonchev–Trinajstić information content (AvgIpc) is 3.68. The van der Waals surface area contributed by atoms with Gasteiger partial charge in [-0.05, 0) is 110 Å². The Morgan fingerprint density at radius 2 is 1.37 bits per heavy atom. The highest BCUT2D eigenvalue weighted by Crippen LogP contribution is 2.39. The van der Waals surface area contributed by atoms with Crippen molar-refractivity contribution in [2.45, 2.75) is 76.0 Å². The predicted octanol–water partition coefficient (Wildman–Crippen LogP) is 4.05. The van der Waals surface area contributed by atoms with Crippen LogP contribution in [0.25, 0.3) is 0 Å². The number of nitrogens with one attached hydrogen (secondary N) is 3. The lowest BCUT2D eigenvalue weighted by Crippen LogP contribution is -2.54. The molecule has 0 aromatic heterocycles. The van der Waals surface area contributed by atoms with E-state index in [1.165, 1.54) is 39.5 Å². The maximum absolute atomic E-state index is 14.3. The molecule has 2 fully saturated rings. The van der Waals surface area contributed by atoms with Crippen molar-refractivity contribution in [2.75, 3.05) is 68.4 Å². The number of likely N-dealkylation sites (tertiary alicyclic amines) is 1. The summed E-state index contributed by atoms with van der Waals surface area (Å²) in [6.45, 7) is -0.0876. The molecule has 7 amide bonds. The minimum atomic E-state index is -1.15. The standard InChI is InChI=1S/C54H61N5O16/c1-68-40-20-17-32(25-42(40)69-2)16-19-39(75-54(67)38-14-6-7-24-58(38)48(63)28-33-26-43(70-3)50(72-5)44(27-33)71-4)34-11-8-12-35(29-34)73-30-46(61)55-22-10-23-56-47(62)31-74-41-15-9-13-36-49(41)53(66)59(52(36)65)37-18-21-45(60)57-51(37)64/h8-9,11-13,15,17,20,25-27,29,37-39H,6-7,10,14,16,18-19,21-24,28,30-31H2,1-5H3,(H,55,61)(H,56,62)(H,57,60,64)/t37?,38-,39?/m0/s1. The summed E-state index contributed by atoms with van der Waals surface area (Å²) in [5.74, 6) is -1.78. The Kier molecular flexibility index (Phi) is 18.5. The van der Waals surface area contributed by atoms with Crippen molar-refractivity contribution < 1.29 is 76.3 Å². The number of fused-ring (bicyclic) bond motifs is 1. The SMILES string of the molecule is COc1ccc(CCC(OC(=O)[C@@H]2CCCCN2C(=O)Cc2cc(OC)c(OC)c(OC)c2)c2cccc(OCC(=O)NCCCNC(=O)COc3cccc4c3C(=O)N(C3CCC(=O)NC3=O)C4=O)c2)cc1OC. The molecule has 75 heavy (non-hydrogen) atoms. The normalized spacial score (nSPS) is 16.5. The summed E-state index contributed by atoms with van der Waals surface area (Å²) < 4.78 is 45.2. The minimum absolute atomic E-state index is 0.00327. The van der Waals surface area contributed by atoms with Crippen LogP contribution in [-0.2, 0) is 46.3 Å². The van der Waals surface area contributed by atoms with Gasteiger partial charge in [0.25, 0.3) is 23.6 Å². The molecule has 3 atom stereocenters. The van der Waals surface area contributed by atoms with Gasteiger partial charge in [-0.2, -0.15) is 0 Å². The highest BCUT2D eigenvalue weighted by atomic mass is 16.5. The second kappa shape index (κ2) is 25.5. The Bertz CT molecular complexity index is 2770. The molecule has 21 nitrogen and oxygen atoms in total. The fourth-order valence-corrected chi connectivity index (χ4v) is 9.18. The molecule has 3 N–H and O–H groups in total. The smallest absolute Gasteiger partial charge is 0.329 e. The van der Waals surface area contributed by atoms with Crippen molar-refractivity contribution >= 4 is 47.3 Å². The van der Waals surface area contributed by atoms with Crippen LogP contribution in [0.1, 0.15) is 88.5 Å². The lowest BCUT2D eigenvalue weighted by Gasteiger charge is -2.35. The van der Waals surface area contributed by atoms with Gasteiger partial charge in [0.15, 0.2) is 36.2 Å². The van der Waals surface area contributed by atoms with E-state index in [0.717, 1.165) is 23.3 Å². The molecule has 21 heteroatoms. The summed E-state index contributed by atoms with van der Waals surface area (Å²) in [5.41, 5.74) is 2.08. The number of carbonyl (C=O) groups is 8. The fourth-order valence-electron chi connectivity index (χ4n) is 9.18. The molecular formula is C54H61N5O16. The van der Waals surface area contributed by atoms with Crippen LogP contribution in [0.3, 0.4) is 0 Å². The molecule has 4 aromatic rings. The van der Waals surface area contributed by atoms with Gasteiger partial charge in [0, 0.05) is 26.1 Å². The van der Waals surface area contributed by atoms with E-state index in [0.29, 0.717) is 77.9 Å². The van der Waals surface area contributed by atoms with Crippen LogP contribution in [0.15, 0.2) is 72.8 Å². The molecule has 3 aliphatic rings. The number of piperidine rings is 2. The minimum Gasteiger partial charge on any atom is -0.493 e. The predicted molar refractivity (Wildman–Crippen MR) is 267 cm³/mol. The van der Waals surface area contributed by atoms with E-state index in [-0.39, 0.29) is 61.7 Å². The number of benzene rings is 4. The van der Waals surface area contributed by atoms with Crippen LogP contribution in [0.2, 0.25) is 0 Å². The second-order valence-electron chi connectivity index (χ2n) is 17.8. The van der Waals surface area contributed by atoms with Gasteiger partial charge in [-0.1, -0.05) is 24.3 Å². The van der Waals surface area contributed by atoms with Crippen LogP contribution in [0, 0.1) is 0 Å². The zero-order chi connectivity index (χ0) is 53.6. The van der Waals surface area contributed by atoms with Gasteiger partial charge < -0.3 is 53.4 Å². The zero-order valence-corrected chi connectivity index (χ0v) is 42.5. The molecule has 3 heterocycles. The van der Waals surface area contributed by atoms with Crippen LogP contribution in [0.5, 0.6) is 40.2 Å². The maximum Gasteiger partial charge on any atom is 0.329 e. The van der Waals surface area contributed by atoms with E-state index in [9.17, 15) is 38.4 Å². The third-order valence-electron chi connectivity index (χ3n) is 13.0. The Labute approximate surface area is 433 Å². The van der Waals surface area contributed by atoms with Gasteiger partial charge in [-0.25, -0.2) is 4.79 Å². The molecule has 0 bridgehead atoms. The number of ether oxygens (including phenoxy) is 8. The summed E-state index contributed by atoms with van der Waals surface area (Å²) >= 11 is 0. The summed E-state index contributed by atoms with van der Waals surface area (Å²) in [4.78, 5) is 107. The molecule has 4 aromatic carbocycles. The number of methoxy groups -OCH3 is 5. The first kappa shape index (κ1) is 54.4. The lowest BCUT2D eigenvalue weighted by molar-refractivity contribution is -0.162. The molecule has 7 rings (SSSR count). The van der Waals surface area contributed by atoms with Gasteiger partial charge in [-0.15, -0.1) is 0 Å². The summed E-state index contributed by atoms with van der Waals surface area (Å²) in [7, 11) is 7.59. The number of carbonyl (C=O) groups excluding carboxylic acids is 8. The number of amides is 7. The van der Waals surface area contributed by atoms with Crippen molar-refractivity contribution in [3.8, 4) is 40.2 Å². The van der Waals surface area contributed by atoms with Crippen molar-refractivity contribution in [3.05, 3.63) is 101 Å². The third-order valence-corrected chi connectivity index (χ3v) is 13.0. The van der Waals surface area contributed by atoms with Crippen molar-refractivity contribution in [1.82, 2.24) is 25.8 Å². The summed E-state index contributed by atoms with van der Waals surface area (Å²) in [5, 5.41) is 7.58. The topological polar surface area (TPSA) is 253 Å². The summed E-state index contributed by atoms with van der Waals surface area (Å²) in [6.07, 6.45) is 2.20. The highest BCUT2D eigenvalue weighted by Gasteiger charge is 2.46. The number of hydrogen-bond donors (Lipinski definition) is 3. The van der Waals surface area contributed by atoms with E-state index in [1.807, 2.05) is 12.1 Å². The zero-order valence-electron chi connectivity index (χ0n) is 42.5. The molecule has 3 aliphatic heterocycles. The number of rotatable bonds is 24. The van der Waals surface area contributed by atoms with Gasteiger partial charge in [-0.3, -0.25) is 43.8 Å². The maximum atomic E-state index is 14.3. The Morgan fingerprint density at radius 3 is 2.05 bits per heavy atom. The van der Waals surface area contributed by atoms with Crippen molar-refractivity contribution in [1.29, 1.82) is 0 Å². The average molecular weight is 1040 g/mol. The number of aryl methyl sites for hydroxylation is 1. The summed E-state index contributed by atoms with van der Waals surface area (Å²) in [6, 6.07) is 18.3. The third kappa shape index (κ3) is 13.3. The highest BCUT2D eigenvalue weighted by molar-refractivity contribution is 6.24. The largest absolute Gasteiger partial charge is 0.493 e. The van der Waals surface area contributed by atoms with Crippen LogP contribution in [0.4, 0.5) is 0 Å². The van der Waals surface area contributed by atoms with Gasteiger partial charge in [0.2, 0.25) is 23.5 Å². The molecule has 398 valence electrons. The molecule has 2 saturated heterocycles. The van der Waals surface area contributed by atoms with E-state index >= 15 is 0 Å². The van der Waals surface area contributed by atoms with E-state index in [1.54, 1.807) is 61.6 Å². The van der Waals surface area contributed by atoms with Crippen molar-refractivity contribution in [3.63, 3.8) is 0 Å². The fraction of sp³-hybridized carbons (Fsp3) is 0.407. The van der Waals surface area contributed by atoms with E-state index in [2.05, 4.69) is 16.0 Å². The molecule has 0 radical (unpaired) electrons. The first-order valence-electron chi connectivity index (χ1n) is 24.5. The Hall–Kier alpha value is -8.36. The van der Waals surface area contributed by atoms with Crippen LogP contribution in [-0.4, -0.2) is 138 Å². The molecule has 0 spiro atoms. The molecule has 0 saturated carbocycles. The Balaban J connectivity index is 0.920. The van der Waals surface area contributed by atoms with E-state index < -0.39 is 66.2 Å². The number of hydrogen-bond acceptors (Lipinski definition) is 16. The second-order valence-corrected chi connectivity index (χ2v) is 17.8. The van der Waals surface area contributed by atoms with Crippen LogP contribution < -0.4 is 49.1 Å². The monoisotopic (exact) mass is 1040 g/mol. The quantitative estimate of drug-likeness (QED) is 0.0509. The molecule has 2 unspecified atom stereocenters. The Morgan fingerprint density at radius 1 is 0.693 bits per heavy atom. The number of nitrogens with zero attached hydrogens (tertiary/aromatic N) is 2. The van der Waals surface area contributed by atoms with Gasteiger partial charge in [0.1, 0.15) is 29.7 Å². The van der Waals surface area contributed by atoms with Gasteiger partial charge in [0.05, 0.1) is 53.1 Å². The lowest BCUT2D eigenvalue weighted by atomic mass is 9.99. The first-order valence-corrected chi connectivity index (χ1v) is 24.5. The molecular weight excluding hydrogens is 975 g/mol. The van der Waals surface area contributed by atoms with Crippen molar-refractivity contribution in [2.24, 2.45) is 0 Å².